The van der Waals surface area contributed by atoms with Gasteiger partial charge in [0.05, 0.1) is 11.8 Å². The van der Waals surface area contributed by atoms with Crippen molar-refractivity contribution < 1.29 is 26.4 Å². The lowest BCUT2D eigenvalue weighted by Crippen LogP contribution is -2.29. The topological polar surface area (TPSA) is 63.2 Å². The Balaban J connectivity index is 2.02. The molecule has 1 N–H and O–H groups in total. The Kier molecular flexibility index (Phi) is 4.69. The predicted octanol–water partition coefficient (Wildman–Crippen LogP) is 4.22. The lowest BCUT2D eigenvalue weighted by molar-refractivity contribution is -0.137. The van der Waals surface area contributed by atoms with Crippen LogP contribution in [0.25, 0.3) is 21.9 Å². The van der Waals surface area contributed by atoms with Crippen LogP contribution in [-0.2, 0) is 16.2 Å². The average Bonchev–Trinajstić information content (AvgIpc) is 2.58. The molecule has 27 heavy (non-hydrogen) atoms. The number of benzene rings is 3. The molecule has 0 saturated heterocycles. The van der Waals surface area contributed by atoms with Crippen LogP contribution in [0.4, 0.5) is 13.2 Å². The average molecular weight is 393 g/mol. The van der Waals surface area contributed by atoms with Gasteiger partial charge in [0.25, 0.3) is 5.91 Å². The van der Waals surface area contributed by atoms with Crippen molar-refractivity contribution in [3.05, 3.63) is 71.8 Å². The maximum atomic E-state index is 12.7. The Hall–Kier alpha value is -2.87. The van der Waals surface area contributed by atoms with E-state index < -0.39 is 27.7 Å². The van der Waals surface area contributed by atoms with E-state index in [4.69, 9.17) is 0 Å². The number of amides is 1. The fourth-order valence-electron chi connectivity index (χ4n) is 2.74. The largest absolute Gasteiger partial charge is 0.416 e. The summed E-state index contributed by atoms with van der Waals surface area (Å²) < 4.78 is 62.5. The van der Waals surface area contributed by atoms with E-state index >= 15 is 0 Å². The molecule has 0 aliphatic rings. The molecule has 0 radical (unpaired) electrons. The second-order valence-electron chi connectivity index (χ2n) is 6.02. The molecule has 8 heteroatoms. The van der Waals surface area contributed by atoms with E-state index in [0.717, 1.165) is 23.8 Å². The van der Waals surface area contributed by atoms with Gasteiger partial charge in [-0.3, -0.25) is 4.79 Å². The molecule has 3 aromatic rings. The lowest BCUT2D eigenvalue weighted by Gasteiger charge is -2.11. The Labute approximate surface area is 153 Å². The highest BCUT2D eigenvalue weighted by Crippen LogP contribution is 2.33. The van der Waals surface area contributed by atoms with Gasteiger partial charge in [0.2, 0.25) is 10.0 Å². The zero-order valence-corrected chi connectivity index (χ0v) is 14.9. The number of halogens is 3. The molecule has 4 nitrogen and oxygen atoms in total. The third kappa shape index (κ3) is 4.28. The van der Waals surface area contributed by atoms with E-state index in [1.54, 1.807) is 24.3 Å². The van der Waals surface area contributed by atoms with Crippen LogP contribution in [0, 0.1) is 0 Å². The quantitative estimate of drug-likeness (QED) is 0.725. The van der Waals surface area contributed by atoms with Gasteiger partial charge >= 0.3 is 6.18 Å². The van der Waals surface area contributed by atoms with Gasteiger partial charge < -0.3 is 0 Å². The Bertz CT molecular complexity index is 1120. The minimum Gasteiger partial charge on any atom is -0.268 e. The molecule has 0 spiro atoms. The summed E-state index contributed by atoms with van der Waals surface area (Å²) in [6.07, 6.45) is -3.52. The summed E-state index contributed by atoms with van der Waals surface area (Å²) in [6, 6.07) is 14.7. The number of sulfonamides is 1. The van der Waals surface area contributed by atoms with Gasteiger partial charge in [-0.25, -0.2) is 13.1 Å². The minimum atomic E-state index is -4.40. The SMILES string of the molecule is CS(=O)(=O)NC(=O)c1ccc2c(-c3ccc(C(F)(F)F)cc3)cccc2c1. The minimum absolute atomic E-state index is 0.164. The fraction of sp³-hybridized carbons (Fsp3) is 0.105. The molecule has 3 aromatic carbocycles. The first-order valence-corrected chi connectivity index (χ1v) is 9.66. The molecule has 0 heterocycles. The summed E-state index contributed by atoms with van der Waals surface area (Å²) in [5, 5.41) is 1.39. The highest BCUT2D eigenvalue weighted by Gasteiger charge is 2.30. The van der Waals surface area contributed by atoms with Crippen molar-refractivity contribution in [2.45, 2.75) is 6.18 Å². The summed E-state index contributed by atoms with van der Waals surface area (Å²) in [5.41, 5.74) is 0.738. The van der Waals surface area contributed by atoms with Crippen molar-refractivity contribution in [3.63, 3.8) is 0 Å². The number of hydrogen-bond donors (Lipinski definition) is 1. The molecule has 0 aliphatic carbocycles. The molecular weight excluding hydrogens is 379 g/mol. The fourth-order valence-corrected chi connectivity index (χ4v) is 3.20. The number of carbonyl (C=O) groups is 1. The van der Waals surface area contributed by atoms with E-state index in [1.807, 2.05) is 4.72 Å². The first-order chi connectivity index (χ1) is 12.5. The maximum absolute atomic E-state index is 12.7. The van der Waals surface area contributed by atoms with Gasteiger partial charge in [-0.05, 0) is 46.2 Å². The van der Waals surface area contributed by atoms with Crippen molar-refractivity contribution in [1.29, 1.82) is 0 Å². The molecular formula is C19H14F3NO3S. The Morgan fingerprint density at radius 3 is 2.22 bits per heavy atom. The standard InChI is InChI=1S/C19H14F3NO3S/c1-27(25,26)23-18(24)14-7-10-17-13(11-14)3-2-4-16(17)12-5-8-15(9-6-12)19(20,21)22/h2-11H,1H3,(H,23,24). The lowest BCUT2D eigenvalue weighted by atomic mass is 9.96. The number of alkyl halides is 3. The van der Waals surface area contributed by atoms with Crippen LogP contribution in [0.15, 0.2) is 60.7 Å². The van der Waals surface area contributed by atoms with E-state index in [9.17, 15) is 26.4 Å². The van der Waals surface area contributed by atoms with Crippen molar-refractivity contribution in [2.24, 2.45) is 0 Å². The first kappa shape index (κ1) is 18.9. The summed E-state index contributed by atoms with van der Waals surface area (Å²) in [5.74, 6) is -0.751. The second kappa shape index (κ2) is 6.70. The number of rotatable bonds is 3. The highest BCUT2D eigenvalue weighted by atomic mass is 32.2. The summed E-state index contributed by atoms with van der Waals surface area (Å²) in [4.78, 5) is 12.0. The molecule has 0 saturated carbocycles. The molecule has 0 aliphatic heterocycles. The molecule has 0 aromatic heterocycles. The van der Waals surface area contributed by atoms with Crippen molar-refractivity contribution in [3.8, 4) is 11.1 Å². The molecule has 0 fully saturated rings. The summed E-state index contributed by atoms with van der Waals surface area (Å²) in [7, 11) is -3.68. The number of nitrogens with one attached hydrogen (secondary N) is 1. The number of hydrogen-bond acceptors (Lipinski definition) is 3. The van der Waals surface area contributed by atoms with Crippen molar-refractivity contribution in [2.75, 3.05) is 6.26 Å². The van der Waals surface area contributed by atoms with Crippen LogP contribution in [-0.4, -0.2) is 20.6 Å². The molecule has 140 valence electrons. The van der Waals surface area contributed by atoms with Gasteiger partial charge in [0.15, 0.2) is 0 Å². The molecule has 1 amide bonds. The highest BCUT2D eigenvalue weighted by molar-refractivity contribution is 7.89. The van der Waals surface area contributed by atoms with E-state index in [-0.39, 0.29) is 5.56 Å². The molecule has 3 rings (SSSR count). The van der Waals surface area contributed by atoms with Crippen LogP contribution < -0.4 is 4.72 Å². The Morgan fingerprint density at radius 2 is 1.63 bits per heavy atom. The first-order valence-electron chi connectivity index (χ1n) is 7.77. The van der Waals surface area contributed by atoms with E-state index in [2.05, 4.69) is 0 Å². The van der Waals surface area contributed by atoms with Crippen molar-refractivity contribution in [1.82, 2.24) is 4.72 Å². The zero-order chi connectivity index (χ0) is 19.8. The van der Waals surface area contributed by atoms with Crippen LogP contribution >= 0.6 is 0 Å². The van der Waals surface area contributed by atoms with E-state index in [0.29, 0.717) is 16.5 Å². The Morgan fingerprint density at radius 1 is 0.963 bits per heavy atom. The van der Waals surface area contributed by atoms with E-state index in [1.165, 1.54) is 24.3 Å². The second-order valence-corrected chi connectivity index (χ2v) is 7.77. The van der Waals surface area contributed by atoms with Gasteiger partial charge in [0.1, 0.15) is 0 Å². The van der Waals surface area contributed by atoms with Crippen LogP contribution in [0.3, 0.4) is 0 Å². The molecule has 0 atom stereocenters. The third-order valence-corrected chi connectivity index (χ3v) is 4.50. The van der Waals surface area contributed by atoms with Crippen molar-refractivity contribution >= 4 is 26.7 Å². The van der Waals surface area contributed by atoms with Gasteiger partial charge in [-0.1, -0.05) is 36.4 Å². The summed E-state index contributed by atoms with van der Waals surface area (Å²) in [6.45, 7) is 0. The smallest absolute Gasteiger partial charge is 0.268 e. The van der Waals surface area contributed by atoms with Crippen LogP contribution in [0.2, 0.25) is 0 Å². The normalized spacial score (nSPS) is 12.1. The number of fused-ring (bicyclic) bond motifs is 1. The monoisotopic (exact) mass is 393 g/mol. The van der Waals surface area contributed by atoms with Gasteiger partial charge in [-0.15, -0.1) is 0 Å². The maximum Gasteiger partial charge on any atom is 0.416 e. The zero-order valence-electron chi connectivity index (χ0n) is 14.0. The molecule has 0 bridgehead atoms. The predicted molar refractivity (Wildman–Crippen MR) is 96.7 cm³/mol. The molecule has 0 unspecified atom stereocenters. The van der Waals surface area contributed by atoms with Gasteiger partial charge in [0, 0.05) is 5.56 Å². The third-order valence-electron chi connectivity index (χ3n) is 3.94. The van der Waals surface area contributed by atoms with Crippen LogP contribution in [0.5, 0.6) is 0 Å². The summed E-state index contributed by atoms with van der Waals surface area (Å²) >= 11 is 0. The van der Waals surface area contributed by atoms with Crippen LogP contribution in [0.1, 0.15) is 15.9 Å². The number of carbonyl (C=O) groups excluding carboxylic acids is 1. The van der Waals surface area contributed by atoms with Gasteiger partial charge in [-0.2, -0.15) is 13.2 Å².